The van der Waals surface area contributed by atoms with Gasteiger partial charge in [-0.2, -0.15) is 0 Å². The Morgan fingerprint density at radius 3 is 1.08 bits per heavy atom. The van der Waals surface area contributed by atoms with Gasteiger partial charge in [0.15, 0.2) is 5.58 Å². The summed E-state index contributed by atoms with van der Waals surface area (Å²) in [5.41, 5.74) is 18.1. The molecule has 2 aromatic heterocycles. The number of anilines is 3. The topological polar surface area (TPSA) is 29.5 Å². The molecule has 2 heterocycles. The molecule has 0 aliphatic rings. The highest BCUT2D eigenvalue weighted by atomic mass is 16.3. The lowest BCUT2D eigenvalue weighted by Crippen LogP contribution is -2.10. The highest BCUT2D eigenvalue weighted by molar-refractivity contribution is 6.17. The fraction of sp³-hybridized carbons (Fsp3) is 0. The summed E-state index contributed by atoms with van der Waals surface area (Å²) in [4.78, 5) is 2.31. The highest BCUT2D eigenvalue weighted by Gasteiger charge is 2.21. The third-order valence-electron chi connectivity index (χ3n) is 12.3. The number of fused-ring (bicyclic) bond motifs is 6. The van der Waals surface area contributed by atoms with Crippen molar-refractivity contribution in [2.45, 2.75) is 0 Å². The first-order valence-corrected chi connectivity index (χ1v) is 21.4. The Kier molecular flexibility index (Phi) is 8.83. The normalized spacial score (nSPS) is 11.5. The van der Waals surface area contributed by atoms with Gasteiger partial charge in [0.05, 0.1) is 5.69 Å². The molecule has 0 bridgehead atoms. The zero-order valence-corrected chi connectivity index (χ0v) is 34.3. The fourth-order valence-electron chi connectivity index (χ4n) is 9.04. The van der Waals surface area contributed by atoms with Crippen molar-refractivity contribution < 1.29 is 8.83 Å². The van der Waals surface area contributed by atoms with Gasteiger partial charge in [0, 0.05) is 32.9 Å². The van der Waals surface area contributed by atoms with E-state index in [-0.39, 0.29) is 0 Å². The molecule has 3 heteroatoms. The van der Waals surface area contributed by atoms with Crippen molar-refractivity contribution in [2.24, 2.45) is 0 Å². The van der Waals surface area contributed by atoms with E-state index in [1.807, 2.05) is 6.07 Å². The Morgan fingerprint density at radius 1 is 0.238 bits per heavy atom. The average molecular weight is 806 g/mol. The van der Waals surface area contributed by atoms with Crippen LogP contribution in [-0.4, -0.2) is 0 Å². The molecule has 0 saturated heterocycles. The van der Waals surface area contributed by atoms with Gasteiger partial charge in [-0.05, 0) is 110 Å². The minimum Gasteiger partial charge on any atom is -0.456 e. The molecular weight excluding hydrogens is 767 g/mol. The molecule has 0 amide bonds. The monoisotopic (exact) mass is 805 g/mol. The number of nitrogens with zero attached hydrogens (tertiary/aromatic N) is 1. The molecule has 0 N–H and O–H groups in total. The molecule has 10 aromatic carbocycles. The van der Waals surface area contributed by atoms with Crippen LogP contribution in [0.5, 0.6) is 0 Å². The maximum Gasteiger partial charge on any atom is 0.159 e. The quantitative estimate of drug-likeness (QED) is 0.153. The van der Waals surface area contributed by atoms with Crippen LogP contribution in [-0.2, 0) is 0 Å². The summed E-state index contributed by atoms with van der Waals surface area (Å²) >= 11 is 0. The van der Waals surface area contributed by atoms with Gasteiger partial charge < -0.3 is 13.7 Å². The zero-order valence-electron chi connectivity index (χ0n) is 34.3. The highest BCUT2D eigenvalue weighted by Crippen LogP contribution is 2.45. The van der Waals surface area contributed by atoms with Crippen LogP contribution in [0.2, 0.25) is 0 Å². The van der Waals surface area contributed by atoms with Crippen LogP contribution in [0.15, 0.2) is 245 Å². The van der Waals surface area contributed by atoms with E-state index < -0.39 is 0 Å². The molecule has 3 nitrogen and oxygen atoms in total. The number of hydrogen-bond acceptors (Lipinski definition) is 3. The van der Waals surface area contributed by atoms with Crippen molar-refractivity contribution in [2.75, 3.05) is 4.90 Å². The predicted molar refractivity (Wildman–Crippen MR) is 263 cm³/mol. The Morgan fingerprint density at radius 2 is 0.603 bits per heavy atom. The number of benzene rings is 10. The van der Waals surface area contributed by atoms with E-state index in [1.54, 1.807) is 0 Å². The third-order valence-corrected chi connectivity index (χ3v) is 12.3. The standard InChI is InChI=1S/C60H39NO2/c1-4-11-40(12-5-1)43-19-23-45(24-20-43)47-27-32-50(33-28-47)61(51-34-29-48(30-35-51)46-25-21-44(22-26-46)41-13-6-2-7-14-41)56-18-10-17-53-55-39-58-54(38-59(55)63-60(53)56)52-36-31-49(37-57(52)62-58)42-15-8-3-9-16-42/h1-39H. The van der Waals surface area contributed by atoms with Crippen molar-refractivity contribution >= 4 is 60.9 Å². The summed E-state index contributed by atoms with van der Waals surface area (Å²) in [6.07, 6.45) is 0. The van der Waals surface area contributed by atoms with Gasteiger partial charge >= 0.3 is 0 Å². The zero-order chi connectivity index (χ0) is 41.7. The van der Waals surface area contributed by atoms with E-state index in [1.165, 1.54) is 33.4 Å². The fourth-order valence-corrected chi connectivity index (χ4v) is 9.04. The molecule has 0 unspecified atom stereocenters. The molecular formula is C60H39NO2. The Hall–Kier alpha value is -8.40. The molecule has 63 heavy (non-hydrogen) atoms. The van der Waals surface area contributed by atoms with Gasteiger partial charge in [-0.3, -0.25) is 0 Å². The van der Waals surface area contributed by atoms with Crippen LogP contribution >= 0.6 is 0 Å². The molecule has 0 spiro atoms. The summed E-state index contributed by atoms with van der Waals surface area (Å²) in [6, 6.07) is 83.9. The smallest absolute Gasteiger partial charge is 0.159 e. The van der Waals surface area contributed by atoms with E-state index >= 15 is 0 Å². The summed E-state index contributed by atoms with van der Waals surface area (Å²) < 4.78 is 13.5. The molecule has 0 radical (unpaired) electrons. The summed E-state index contributed by atoms with van der Waals surface area (Å²) in [5, 5.41) is 4.16. The minimum absolute atomic E-state index is 0.817. The second-order valence-corrected chi connectivity index (χ2v) is 16.1. The summed E-state index contributed by atoms with van der Waals surface area (Å²) in [7, 11) is 0. The van der Waals surface area contributed by atoms with Crippen LogP contribution in [0.3, 0.4) is 0 Å². The largest absolute Gasteiger partial charge is 0.456 e. The number of furan rings is 2. The number of hydrogen-bond donors (Lipinski definition) is 0. The van der Waals surface area contributed by atoms with Crippen molar-refractivity contribution in [1.82, 2.24) is 0 Å². The first-order chi connectivity index (χ1) is 31.2. The SMILES string of the molecule is c1ccc(-c2ccc(-c3ccc(N(c4ccc(-c5ccc(-c6ccccc6)cc5)cc4)c4cccc5c4oc4cc6c(cc45)oc4cc(-c5ccccc5)ccc46)cc3)cc2)cc1. The maximum absolute atomic E-state index is 6.93. The molecule has 0 aliphatic carbocycles. The minimum atomic E-state index is 0.817. The van der Waals surface area contributed by atoms with E-state index in [0.29, 0.717) is 0 Å². The molecule has 0 saturated carbocycles. The second kappa shape index (κ2) is 15.3. The summed E-state index contributed by atoms with van der Waals surface area (Å²) in [6.45, 7) is 0. The van der Waals surface area contributed by atoms with Crippen LogP contribution in [0.25, 0.3) is 99.5 Å². The van der Waals surface area contributed by atoms with Crippen LogP contribution in [0, 0.1) is 0 Å². The van der Waals surface area contributed by atoms with E-state index in [0.717, 1.165) is 83.2 Å². The summed E-state index contributed by atoms with van der Waals surface area (Å²) in [5.74, 6) is 0. The molecule has 296 valence electrons. The molecule has 0 aliphatic heterocycles. The Bertz CT molecular complexity index is 3430. The van der Waals surface area contributed by atoms with Crippen molar-refractivity contribution in [3.63, 3.8) is 0 Å². The molecule has 12 aromatic rings. The average Bonchev–Trinajstić information content (AvgIpc) is 3.92. The van der Waals surface area contributed by atoms with Gasteiger partial charge in [-0.15, -0.1) is 0 Å². The van der Waals surface area contributed by atoms with Crippen LogP contribution < -0.4 is 4.90 Å². The van der Waals surface area contributed by atoms with Crippen molar-refractivity contribution in [3.05, 3.63) is 237 Å². The maximum atomic E-state index is 6.93. The second-order valence-electron chi connectivity index (χ2n) is 16.1. The van der Waals surface area contributed by atoms with E-state index in [9.17, 15) is 0 Å². The van der Waals surface area contributed by atoms with Gasteiger partial charge in [-0.1, -0.05) is 182 Å². The Labute approximate surface area is 365 Å². The molecule has 0 atom stereocenters. The van der Waals surface area contributed by atoms with Gasteiger partial charge in [-0.25, -0.2) is 0 Å². The molecule has 12 rings (SSSR count). The van der Waals surface area contributed by atoms with E-state index in [2.05, 4.69) is 235 Å². The van der Waals surface area contributed by atoms with Gasteiger partial charge in [0.1, 0.15) is 16.7 Å². The van der Waals surface area contributed by atoms with Crippen molar-refractivity contribution in [3.8, 4) is 55.6 Å². The number of para-hydroxylation sites is 1. The van der Waals surface area contributed by atoms with Gasteiger partial charge in [0.2, 0.25) is 0 Å². The first-order valence-electron chi connectivity index (χ1n) is 21.4. The van der Waals surface area contributed by atoms with E-state index in [4.69, 9.17) is 8.83 Å². The van der Waals surface area contributed by atoms with Crippen LogP contribution in [0.4, 0.5) is 17.1 Å². The predicted octanol–water partition coefficient (Wildman–Crippen LogP) is 17.3. The first kappa shape index (κ1) is 36.5. The lowest BCUT2D eigenvalue weighted by Gasteiger charge is -2.26. The molecule has 0 fully saturated rings. The van der Waals surface area contributed by atoms with Crippen LogP contribution in [0.1, 0.15) is 0 Å². The van der Waals surface area contributed by atoms with Crippen molar-refractivity contribution in [1.29, 1.82) is 0 Å². The lowest BCUT2D eigenvalue weighted by molar-refractivity contribution is 0.664. The lowest BCUT2D eigenvalue weighted by atomic mass is 9.99. The Balaban J connectivity index is 0.942. The number of rotatable bonds is 8. The van der Waals surface area contributed by atoms with Gasteiger partial charge in [0.25, 0.3) is 0 Å². The third kappa shape index (κ3) is 6.64.